The van der Waals surface area contributed by atoms with Crippen molar-refractivity contribution in [1.82, 2.24) is 10.2 Å². The number of aliphatic hydroxyl groups is 1. The molecule has 0 saturated carbocycles. The number of hydrogen-bond acceptors (Lipinski definition) is 7. The Kier molecular flexibility index (Phi) is 5.44. The van der Waals surface area contributed by atoms with Gasteiger partial charge in [-0.25, -0.2) is 0 Å². The summed E-state index contributed by atoms with van der Waals surface area (Å²) in [7, 11) is 0. The normalized spacial score (nSPS) is 18.2. The number of amides is 1. The number of aryl methyl sites for hydroxylation is 2. The second kappa shape index (κ2) is 8.04. The van der Waals surface area contributed by atoms with Crippen molar-refractivity contribution in [2.24, 2.45) is 0 Å². The molecule has 1 unspecified atom stereocenters. The first kappa shape index (κ1) is 20.3. The van der Waals surface area contributed by atoms with Crippen LogP contribution < -0.4 is 4.90 Å². The number of aromatic nitrogens is 2. The smallest absolute Gasteiger partial charge is 0.301 e. The van der Waals surface area contributed by atoms with Gasteiger partial charge in [-0.05, 0) is 25.7 Å². The van der Waals surface area contributed by atoms with Crippen molar-refractivity contribution in [1.29, 1.82) is 0 Å². The van der Waals surface area contributed by atoms with Crippen molar-refractivity contribution < 1.29 is 14.7 Å². The Bertz CT molecular complexity index is 1150. The maximum atomic E-state index is 13.0. The van der Waals surface area contributed by atoms with E-state index >= 15 is 0 Å². The number of thioether (sulfide) groups is 1. The summed E-state index contributed by atoms with van der Waals surface area (Å²) < 4.78 is 0.688. The summed E-state index contributed by atoms with van der Waals surface area (Å²) in [6.07, 6.45) is 1.87. The van der Waals surface area contributed by atoms with E-state index in [1.807, 2.05) is 56.5 Å². The van der Waals surface area contributed by atoms with Gasteiger partial charge in [-0.1, -0.05) is 82.8 Å². The summed E-state index contributed by atoms with van der Waals surface area (Å²) in [6, 6.07) is 13.9. The molecule has 2 aromatic carbocycles. The van der Waals surface area contributed by atoms with Crippen LogP contribution in [0.25, 0.3) is 5.76 Å². The van der Waals surface area contributed by atoms with Crippen LogP contribution in [0.4, 0.5) is 5.13 Å². The molecule has 0 bridgehead atoms. The molecule has 0 radical (unpaired) electrons. The van der Waals surface area contributed by atoms with Crippen molar-refractivity contribution in [2.75, 3.05) is 11.2 Å². The minimum Gasteiger partial charge on any atom is -0.507 e. The first-order chi connectivity index (χ1) is 14.4. The Morgan fingerprint density at radius 2 is 1.60 bits per heavy atom. The van der Waals surface area contributed by atoms with Gasteiger partial charge in [0.2, 0.25) is 5.13 Å². The number of nitrogens with zero attached hydrogens (tertiary/aromatic N) is 3. The maximum Gasteiger partial charge on any atom is 0.301 e. The highest BCUT2D eigenvalue weighted by Crippen LogP contribution is 2.43. The number of carbonyl (C=O) groups excluding carboxylic acids is 2. The highest BCUT2D eigenvalue weighted by molar-refractivity contribution is 8.00. The average molecular weight is 438 g/mol. The standard InChI is InChI=1S/C22H19N3O3S2/c1-12-4-8-14(9-5-12)17-16(18(26)15-10-6-13(2)7-11-15)19(27)20(28)25(17)21-23-24-22(29-3)30-21/h4-11,17,26H,1-3H3/b18-16-. The summed E-state index contributed by atoms with van der Waals surface area (Å²) in [6.45, 7) is 3.90. The van der Waals surface area contributed by atoms with Crippen LogP contribution in [0.5, 0.6) is 0 Å². The van der Waals surface area contributed by atoms with Crippen LogP contribution in [0, 0.1) is 13.8 Å². The molecule has 0 spiro atoms. The molecule has 1 aliphatic heterocycles. The largest absolute Gasteiger partial charge is 0.507 e. The number of aliphatic hydroxyl groups excluding tert-OH is 1. The van der Waals surface area contributed by atoms with Crippen LogP contribution in [0.2, 0.25) is 0 Å². The zero-order valence-electron chi connectivity index (χ0n) is 16.6. The summed E-state index contributed by atoms with van der Waals surface area (Å²) in [5.41, 5.74) is 3.33. The first-order valence-electron chi connectivity index (χ1n) is 9.23. The second-order valence-electron chi connectivity index (χ2n) is 7.00. The minimum atomic E-state index is -0.783. The van der Waals surface area contributed by atoms with Gasteiger partial charge >= 0.3 is 5.91 Å². The molecule has 1 amide bonds. The Hall–Kier alpha value is -2.97. The van der Waals surface area contributed by atoms with Crippen molar-refractivity contribution in [2.45, 2.75) is 24.2 Å². The highest BCUT2D eigenvalue weighted by Gasteiger charge is 2.48. The molecule has 1 aliphatic rings. The molecule has 0 aliphatic carbocycles. The monoisotopic (exact) mass is 437 g/mol. The van der Waals surface area contributed by atoms with Gasteiger partial charge < -0.3 is 5.11 Å². The SMILES string of the molecule is CSc1nnc(N2C(=O)C(=O)/C(=C(\O)c3ccc(C)cc3)C2c2ccc(C)cc2)s1. The van der Waals surface area contributed by atoms with Crippen LogP contribution in [0.15, 0.2) is 58.4 Å². The van der Waals surface area contributed by atoms with E-state index in [2.05, 4.69) is 10.2 Å². The van der Waals surface area contributed by atoms with Crippen LogP contribution in [0.3, 0.4) is 0 Å². The number of Topliss-reactive ketones (excluding diaryl/α,β-unsaturated/α-hetero) is 1. The van der Waals surface area contributed by atoms with Crippen LogP contribution in [-0.2, 0) is 9.59 Å². The minimum absolute atomic E-state index is 0.0496. The van der Waals surface area contributed by atoms with Crippen LogP contribution in [-0.4, -0.2) is 33.3 Å². The molecular formula is C22H19N3O3S2. The van der Waals surface area contributed by atoms with Gasteiger partial charge in [-0.15, -0.1) is 10.2 Å². The van der Waals surface area contributed by atoms with Gasteiger partial charge in [0.05, 0.1) is 11.6 Å². The van der Waals surface area contributed by atoms with Crippen LogP contribution in [0.1, 0.15) is 28.3 Å². The van der Waals surface area contributed by atoms with Crippen molar-refractivity contribution in [3.63, 3.8) is 0 Å². The first-order valence-corrected chi connectivity index (χ1v) is 11.3. The van der Waals surface area contributed by atoms with E-state index in [1.165, 1.54) is 28.0 Å². The quantitative estimate of drug-likeness (QED) is 0.213. The lowest BCUT2D eigenvalue weighted by Crippen LogP contribution is -2.29. The van der Waals surface area contributed by atoms with E-state index in [9.17, 15) is 14.7 Å². The molecule has 4 rings (SSSR count). The number of benzene rings is 2. The fraction of sp³-hybridized carbons (Fsp3) is 0.182. The lowest BCUT2D eigenvalue weighted by atomic mass is 9.94. The Morgan fingerprint density at radius 1 is 1.00 bits per heavy atom. The Labute approximate surface area is 182 Å². The molecule has 1 N–H and O–H groups in total. The summed E-state index contributed by atoms with van der Waals surface area (Å²) in [5.74, 6) is -1.66. The summed E-state index contributed by atoms with van der Waals surface area (Å²) >= 11 is 2.65. The number of carbonyl (C=O) groups is 2. The van der Waals surface area contributed by atoms with E-state index in [-0.39, 0.29) is 11.3 Å². The zero-order chi connectivity index (χ0) is 21.4. The van der Waals surface area contributed by atoms with E-state index in [0.29, 0.717) is 15.0 Å². The van der Waals surface area contributed by atoms with Gasteiger partial charge in [0, 0.05) is 5.56 Å². The molecule has 30 heavy (non-hydrogen) atoms. The predicted octanol–water partition coefficient (Wildman–Crippen LogP) is 4.50. The van der Waals surface area contributed by atoms with Gasteiger partial charge in [0.15, 0.2) is 4.34 Å². The van der Waals surface area contributed by atoms with Gasteiger partial charge in [0.1, 0.15) is 5.76 Å². The lowest BCUT2D eigenvalue weighted by Gasteiger charge is -2.22. The lowest BCUT2D eigenvalue weighted by molar-refractivity contribution is -0.132. The second-order valence-corrected chi connectivity index (χ2v) is 9.01. The highest BCUT2D eigenvalue weighted by atomic mass is 32.2. The summed E-state index contributed by atoms with van der Waals surface area (Å²) in [4.78, 5) is 27.4. The predicted molar refractivity (Wildman–Crippen MR) is 119 cm³/mol. The molecule has 1 fully saturated rings. The van der Waals surface area contributed by atoms with Gasteiger partial charge in [-0.2, -0.15) is 0 Å². The van der Waals surface area contributed by atoms with Crippen molar-refractivity contribution in [3.8, 4) is 0 Å². The molecule has 1 aromatic heterocycles. The number of hydrogen-bond donors (Lipinski definition) is 1. The third-order valence-corrected chi connectivity index (χ3v) is 6.84. The van der Waals surface area contributed by atoms with E-state index in [0.717, 1.165) is 16.7 Å². The molecule has 2 heterocycles. The number of ketones is 1. The third kappa shape index (κ3) is 3.53. The Balaban J connectivity index is 1.92. The van der Waals surface area contributed by atoms with Crippen LogP contribution >= 0.6 is 23.1 Å². The average Bonchev–Trinajstić information content (AvgIpc) is 3.31. The van der Waals surface area contributed by atoms with Gasteiger partial charge in [-0.3, -0.25) is 14.5 Å². The molecule has 1 saturated heterocycles. The third-order valence-electron chi connectivity index (χ3n) is 4.94. The molecule has 3 aromatic rings. The molecular weight excluding hydrogens is 418 g/mol. The van der Waals surface area contributed by atoms with E-state index < -0.39 is 17.7 Å². The van der Waals surface area contributed by atoms with E-state index in [4.69, 9.17) is 0 Å². The van der Waals surface area contributed by atoms with Crippen molar-refractivity contribution in [3.05, 3.63) is 76.4 Å². The number of anilines is 1. The van der Waals surface area contributed by atoms with Gasteiger partial charge in [0.25, 0.3) is 5.78 Å². The molecule has 6 nitrogen and oxygen atoms in total. The maximum absolute atomic E-state index is 13.0. The Morgan fingerprint density at radius 3 is 2.17 bits per heavy atom. The molecule has 152 valence electrons. The zero-order valence-corrected chi connectivity index (χ0v) is 18.3. The summed E-state index contributed by atoms with van der Waals surface area (Å²) in [5, 5.41) is 19.6. The topological polar surface area (TPSA) is 83.4 Å². The van der Waals surface area contributed by atoms with Crippen molar-refractivity contribution >= 4 is 45.7 Å². The fourth-order valence-corrected chi connectivity index (χ4v) is 4.63. The number of rotatable bonds is 4. The fourth-order valence-electron chi connectivity index (χ4n) is 3.34. The van der Waals surface area contributed by atoms with E-state index in [1.54, 1.807) is 12.1 Å². The molecule has 1 atom stereocenters. The molecule has 8 heteroatoms.